The lowest BCUT2D eigenvalue weighted by molar-refractivity contribution is -0.186. The van der Waals surface area contributed by atoms with Crippen molar-refractivity contribution in [1.29, 1.82) is 0 Å². The van der Waals surface area contributed by atoms with Crippen LogP contribution in [0.15, 0.2) is 12.3 Å². The van der Waals surface area contributed by atoms with Gasteiger partial charge in [-0.2, -0.15) is 18.3 Å². The first-order valence-electron chi connectivity index (χ1n) is 5.76. The third-order valence-corrected chi connectivity index (χ3v) is 3.93. The first-order chi connectivity index (χ1) is 9.28. The molecule has 2 heterocycles. The molecule has 0 saturated heterocycles. The van der Waals surface area contributed by atoms with E-state index in [1.807, 2.05) is 0 Å². The van der Waals surface area contributed by atoms with E-state index in [9.17, 15) is 13.2 Å². The highest BCUT2D eigenvalue weighted by Crippen LogP contribution is 2.54. The molecule has 2 atom stereocenters. The summed E-state index contributed by atoms with van der Waals surface area (Å²) in [6, 6.07) is 0.528. The van der Waals surface area contributed by atoms with Crippen LogP contribution in [-0.4, -0.2) is 20.8 Å². The Morgan fingerprint density at radius 2 is 2.25 bits per heavy atom. The van der Waals surface area contributed by atoms with E-state index in [4.69, 9.17) is 18.2 Å². The number of rotatable bonds is 0. The molecule has 20 heavy (non-hydrogen) atoms. The zero-order valence-electron chi connectivity index (χ0n) is 10.2. The highest BCUT2D eigenvalue weighted by molar-refractivity contribution is 6.29. The second-order valence-electron chi connectivity index (χ2n) is 4.98. The molecule has 1 aliphatic rings. The minimum Gasteiger partial charge on any atom is -0.308 e. The van der Waals surface area contributed by atoms with Gasteiger partial charge in [-0.05, 0) is 6.92 Å². The molecule has 0 amide bonds. The van der Waals surface area contributed by atoms with E-state index in [0.717, 1.165) is 11.4 Å². The quantitative estimate of drug-likeness (QED) is 0.697. The number of fused-ring (bicyclic) bond motifs is 3. The third kappa shape index (κ3) is 1.54. The van der Waals surface area contributed by atoms with Crippen LogP contribution in [0.25, 0.3) is 10.5 Å². The summed E-state index contributed by atoms with van der Waals surface area (Å²) >= 11 is 5.75. The molecule has 104 valence electrons. The Balaban J connectivity index is 2.39. The van der Waals surface area contributed by atoms with Gasteiger partial charge in [0.05, 0.1) is 11.3 Å². The fourth-order valence-electron chi connectivity index (χ4n) is 2.67. The topological polar surface area (TPSA) is 34.5 Å². The first-order valence-corrected chi connectivity index (χ1v) is 6.13. The number of aromatic nitrogens is 3. The van der Waals surface area contributed by atoms with Gasteiger partial charge in [-0.25, -0.2) is 16.1 Å². The number of hydrogen-bond acceptors (Lipinski definition) is 2. The molecule has 8 heteroatoms. The molecular weight excluding hydrogens is 293 g/mol. The van der Waals surface area contributed by atoms with Crippen molar-refractivity contribution >= 4 is 17.2 Å². The number of alkyl halides is 3. The Morgan fingerprint density at radius 3 is 2.85 bits per heavy atom. The van der Waals surface area contributed by atoms with Gasteiger partial charge in [0.25, 0.3) is 6.04 Å². The van der Waals surface area contributed by atoms with E-state index in [0.29, 0.717) is 0 Å². The molecule has 4 nitrogen and oxygen atoms in total. The van der Waals surface area contributed by atoms with Crippen molar-refractivity contribution in [1.82, 2.24) is 14.6 Å². The first kappa shape index (κ1) is 13.2. The van der Waals surface area contributed by atoms with Gasteiger partial charge < -0.3 is 4.85 Å². The predicted octanol–water partition coefficient (Wildman–Crippen LogP) is 3.57. The van der Waals surface area contributed by atoms with E-state index in [2.05, 4.69) is 14.9 Å². The molecule has 0 bridgehead atoms. The fraction of sp³-hybridized carbons (Fsp3) is 0.417. The molecule has 3 rings (SSSR count). The van der Waals surface area contributed by atoms with Gasteiger partial charge in [-0.15, -0.1) is 0 Å². The lowest BCUT2D eigenvalue weighted by Gasteiger charge is -2.27. The highest BCUT2D eigenvalue weighted by Gasteiger charge is 2.61. The number of hydrogen-bond donors (Lipinski definition) is 0. The Morgan fingerprint density at radius 1 is 1.55 bits per heavy atom. The molecule has 0 spiro atoms. The van der Waals surface area contributed by atoms with Crippen molar-refractivity contribution in [2.24, 2.45) is 0 Å². The summed E-state index contributed by atoms with van der Waals surface area (Å²) in [6.07, 6.45) is -3.48. The van der Waals surface area contributed by atoms with Crippen LogP contribution in [-0.2, 0) is 5.41 Å². The normalized spacial score (nSPS) is 25.7. The Bertz CT molecular complexity index is 745. The zero-order valence-corrected chi connectivity index (χ0v) is 11.0. The third-order valence-electron chi connectivity index (χ3n) is 3.75. The second-order valence-corrected chi connectivity index (χ2v) is 5.37. The van der Waals surface area contributed by atoms with E-state index in [1.165, 1.54) is 12.3 Å². The summed E-state index contributed by atoms with van der Waals surface area (Å²) in [5.41, 5.74) is -1.65. The summed E-state index contributed by atoms with van der Waals surface area (Å²) < 4.78 is 41.5. The standard InChI is InChI=1S/C12H8ClF3N4/c1-11(12(14,15)16)4-7(17-2)6-5-18-9-3-8(13)19-20(9)10(6)11/h3,5,7H,4H2,1H3. The van der Waals surface area contributed by atoms with Crippen molar-refractivity contribution in [2.45, 2.75) is 31.0 Å². The molecule has 1 aliphatic carbocycles. The van der Waals surface area contributed by atoms with Crippen LogP contribution in [0.1, 0.15) is 30.6 Å². The Kier molecular flexibility index (Phi) is 2.54. The fourth-order valence-corrected chi connectivity index (χ4v) is 2.85. The molecule has 0 N–H and O–H groups in total. The van der Waals surface area contributed by atoms with Crippen LogP contribution in [0.3, 0.4) is 0 Å². The monoisotopic (exact) mass is 300 g/mol. The van der Waals surface area contributed by atoms with Gasteiger partial charge >= 0.3 is 6.18 Å². The summed E-state index contributed by atoms with van der Waals surface area (Å²) in [5, 5.41) is 3.95. The van der Waals surface area contributed by atoms with Gasteiger partial charge in [0.2, 0.25) is 0 Å². The Hall–Kier alpha value is -1.81. The minimum atomic E-state index is -4.48. The number of nitrogens with zero attached hydrogens (tertiary/aromatic N) is 4. The second kappa shape index (κ2) is 3.85. The van der Waals surface area contributed by atoms with Gasteiger partial charge in [-0.3, -0.25) is 0 Å². The summed E-state index contributed by atoms with van der Waals surface area (Å²) in [6.45, 7) is 8.19. The average molecular weight is 301 g/mol. The summed E-state index contributed by atoms with van der Waals surface area (Å²) in [4.78, 5) is 7.31. The van der Waals surface area contributed by atoms with E-state index in [1.54, 1.807) is 0 Å². The van der Waals surface area contributed by atoms with Crippen molar-refractivity contribution in [3.05, 3.63) is 40.1 Å². The molecule has 0 fully saturated rings. The van der Waals surface area contributed by atoms with Crippen molar-refractivity contribution in [3.8, 4) is 0 Å². The maximum Gasteiger partial charge on any atom is 0.400 e. The lowest BCUT2D eigenvalue weighted by Crippen LogP contribution is -2.39. The molecular formula is C12H8ClF3N4. The van der Waals surface area contributed by atoms with Crippen molar-refractivity contribution in [3.63, 3.8) is 0 Å². The van der Waals surface area contributed by atoms with Crippen LogP contribution in [0.2, 0.25) is 5.15 Å². The van der Waals surface area contributed by atoms with Crippen LogP contribution >= 0.6 is 11.6 Å². The molecule has 2 unspecified atom stereocenters. The van der Waals surface area contributed by atoms with E-state index < -0.39 is 17.6 Å². The Labute approximate surface area is 117 Å². The van der Waals surface area contributed by atoms with Crippen molar-refractivity contribution in [2.75, 3.05) is 0 Å². The van der Waals surface area contributed by atoms with E-state index >= 15 is 0 Å². The highest BCUT2D eigenvalue weighted by atomic mass is 35.5. The number of halogens is 4. The largest absolute Gasteiger partial charge is 0.400 e. The molecule has 0 aromatic carbocycles. The van der Waals surface area contributed by atoms with Gasteiger partial charge in [0.1, 0.15) is 5.41 Å². The summed E-state index contributed by atoms with van der Waals surface area (Å²) in [7, 11) is 0. The molecule has 0 aliphatic heterocycles. The van der Waals surface area contributed by atoms with Crippen molar-refractivity contribution < 1.29 is 13.2 Å². The van der Waals surface area contributed by atoms with Crippen LogP contribution in [0.5, 0.6) is 0 Å². The summed E-state index contributed by atoms with van der Waals surface area (Å²) in [5.74, 6) is 0. The smallest absolute Gasteiger partial charge is 0.308 e. The van der Waals surface area contributed by atoms with Gasteiger partial charge in [0, 0.05) is 18.7 Å². The average Bonchev–Trinajstić information content (AvgIpc) is 2.86. The lowest BCUT2D eigenvalue weighted by atomic mass is 9.86. The minimum absolute atomic E-state index is 0.0390. The molecule has 2 aromatic rings. The SMILES string of the molecule is [C-]#[N+]C1CC(C)(C(F)(F)F)c2c1cnc1cc(Cl)nn21. The maximum absolute atomic E-state index is 13.5. The van der Waals surface area contributed by atoms with Gasteiger partial charge in [0.15, 0.2) is 10.8 Å². The van der Waals surface area contributed by atoms with Crippen LogP contribution in [0.4, 0.5) is 13.2 Å². The molecule has 0 radical (unpaired) electrons. The molecule has 2 aromatic heterocycles. The predicted molar refractivity (Wildman–Crippen MR) is 65.4 cm³/mol. The maximum atomic E-state index is 13.5. The van der Waals surface area contributed by atoms with E-state index in [-0.39, 0.29) is 28.5 Å². The zero-order chi connectivity index (χ0) is 14.7. The van der Waals surface area contributed by atoms with Crippen LogP contribution in [0, 0.1) is 6.57 Å². The van der Waals surface area contributed by atoms with Gasteiger partial charge in [-0.1, -0.05) is 11.6 Å². The molecule has 0 saturated carbocycles. The van der Waals surface area contributed by atoms with Crippen LogP contribution < -0.4 is 0 Å².